The summed E-state index contributed by atoms with van der Waals surface area (Å²) in [6.45, 7) is 0.337. The molecule has 76 valence electrons. The maximum absolute atomic E-state index is 11.4. The van der Waals surface area contributed by atoms with Crippen molar-refractivity contribution in [2.45, 2.75) is 19.3 Å². The quantitative estimate of drug-likeness (QED) is 0.658. The van der Waals surface area contributed by atoms with E-state index in [-0.39, 0.29) is 11.7 Å². The molecule has 1 rings (SSSR count). The van der Waals surface area contributed by atoms with E-state index in [9.17, 15) is 13.2 Å². The van der Waals surface area contributed by atoms with Gasteiger partial charge < -0.3 is 0 Å². The second-order valence-corrected chi connectivity index (χ2v) is 5.32. The standard InChI is InChI=1S/C7H12ClNO3S/c8-4-2-6-13(11,12)9-5-1-3-7(9)10/h1-6H2. The molecule has 1 amide bonds. The Morgan fingerprint density at radius 2 is 2.15 bits per heavy atom. The lowest BCUT2D eigenvalue weighted by Gasteiger charge is -2.15. The number of nitrogens with zero attached hydrogens (tertiary/aromatic N) is 1. The third-order valence-electron chi connectivity index (χ3n) is 1.90. The molecule has 1 aliphatic rings. The molecule has 4 nitrogen and oxygen atoms in total. The molecule has 0 aliphatic carbocycles. The topological polar surface area (TPSA) is 54.5 Å². The van der Waals surface area contributed by atoms with Crippen molar-refractivity contribution in [1.82, 2.24) is 4.31 Å². The van der Waals surface area contributed by atoms with Crippen molar-refractivity contribution in [3.63, 3.8) is 0 Å². The fourth-order valence-electron chi connectivity index (χ4n) is 1.26. The molecular formula is C7H12ClNO3S. The van der Waals surface area contributed by atoms with E-state index in [4.69, 9.17) is 11.6 Å². The molecule has 0 radical (unpaired) electrons. The Bertz CT molecular complexity index is 288. The van der Waals surface area contributed by atoms with Crippen LogP contribution in [0, 0.1) is 0 Å². The normalized spacial score (nSPS) is 18.2. The molecule has 0 bridgehead atoms. The maximum Gasteiger partial charge on any atom is 0.237 e. The van der Waals surface area contributed by atoms with Crippen LogP contribution in [0.4, 0.5) is 0 Å². The summed E-state index contributed by atoms with van der Waals surface area (Å²) in [5.74, 6) is -0.00155. The van der Waals surface area contributed by atoms with Crippen LogP contribution >= 0.6 is 11.6 Å². The lowest BCUT2D eigenvalue weighted by Crippen LogP contribution is -2.33. The van der Waals surface area contributed by atoms with Gasteiger partial charge in [0.1, 0.15) is 0 Å². The molecule has 0 atom stereocenters. The molecule has 1 aliphatic heterocycles. The predicted octanol–water partition coefficient (Wildman–Crippen LogP) is 0.568. The third kappa shape index (κ3) is 2.57. The fraction of sp³-hybridized carbons (Fsp3) is 0.857. The number of carbonyl (C=O) groups is 1. The highest BCUT2D eigenvalue weighted by atomic mass is 35.5. The summed E-state index contributed by atoms with van der Waals surface area (Å²) in [4.78, 5) is 11.1. The Hall–Kier alpha value is -0.290. The van der Waals surface area contributed by atoms with Gasteiger partial charge in [-0.3, -0.25) is 4.79 Å². The van der Waals surface area contributed by atoms with E-state index in [1.54, 1.807) is 0 Å². The number of alkyl halides is 1. The molecule has 0 N–H and O–H groups in total. The van der Waals surface area contributed by atoms with E-state index in [0.717, 1.165) is 4.31 Å². The summed E-state index contributed by atoms with van der Waals surface area (Å²) in [6.07, 6.45) is 1.38. The smallest absolute Gasteiger partial charge is 0.237 e. The molecule has 0 aromatic rings. The van der Waals surface area contributed by atoms with E-state index in [1.807, 2.05) is 0 Å². The molecule has 1 saturated heterocycles. The Labute approximate surface area is 82.9 Å². The zero-order valence-electron chi connectivity index (χ0n) is 7.20. The molecule has 0 spiro atoms. The van der Waals surface area contributed by atoms with E-state index >= 15 is 0 Å². The van der Waals surface area contributed by atoms with E-state index in [2.05, 4.69) is 0 Å². The number of rotatable bonds is 4. The van der Waals surface area contributed by atoms with Gasteiger partial charge in [0.15, 0.2) is 0 Å². The van der Waals surface area contributed by atoms with Gasteiger partial charge in [-0.05, 0) is 12.8 Å². The average Bonchev–Trinajstić information content (AvgIpc) is 2.48. The van der Waals surface area contributed by atoms with Crippen LogP contribution < -0.4 is 0 Å². The fourth-order valence-corrected chi connectivity index (χ4v) is 3.10. The summed E-state index contributed by atoms with van der Waals surface area (Å²) in [5.41, 5.74) is 0. The van der Waals surface area contributed by atoms with E-state index < -0.39 is 10.0 Å². The van der Waals surface area contributed by atoms with Gasteiger partial charge >= 0.3 is 0 Å². The van der Waals surface area contributed by atoms with Gasteiger partial charge in [0.05, 0.1) is 5.75 Å². The second kappa shape index (κ2) is 4.28. The van der Waals surface area contributed by atoms with Crippen molar-refractivity contribution in [2.75, 3.05) is 18.2 Å². The zero-order valence-corrected chi connectivity index (χ0v) is 8.77. The first-order chi connectivity index (χ1) is 6.08. The molecule has 1 fully saturated rings. The first-order valence-electron chi connectivity index (χ1n) is 4.17. The molecule has 13 heavy (non-hydrogen) atoms. The Balaban J connectivity index is 2.63. The van der Waals surface area contributed by atoms with Crippen molar-refractivity contribution in [3.8, 4) is 0 Å². The van der Waals surface area contributed by atoms with E-state index in [0.29, 0.717) is 31.7 Å². The van der Waals surface area contributed by atoms with Gasteiger partial charge in [-0.25, -0.2) is 12.7 Å². The van der Waals surface area contributed by atoms with Crippen LogP contribution in [0.5, 0.6) is 0 Å². The van der Waals surface area contributed by atoms with E-state index in [1.165, 1.54) is 0 Å². The number of sulfonamides is 1. The molecular weight excluding hydrogens is 214 g/mol. The van der Waals surface area contributed by atoms with Crippen LogP contribution in [0.1, 0.15) is 19.3 Å². The molecule has 1 heterocycles. The van der Waals surface area contributed by atoms with Crippen LogP contribution in [0.15, 0.2) is 0 Å². The minimum Gasteiger partial charge on any atom is -0.274 e. The second-order valence-electron chi connectivity index (χ2n) is 2.93. The van der Waals surface area contributed by atoms with Gasteiger partial charge in [0.2, 0.25) is 15.9 Å². The molecule has 0 saturated carbocycles. The number of carbonyl (C=O) groups excluding carboxylic acids is 1. The lowest BCUT2D eigenvalue weighted by molar-refractivity contribution is -0.123. The Morgan fingerprint density at radius 1 is 1.46 bits per heavy atom. The van der Waals surface area contributed by atoms with Crippen LogP contribution in [0.2, 0.25) is 0 Å². The molecule has 6 heteroatoms. The Morgan fingerprint density at radius 3 is 2.62 bits per heavy atom. The maximum atomic E-state index is 11.4. The highest BCUT2D eigenvalue weighted by Crippen LogP contribution is 2.15. The largest absolute Gasteiger partial charge is 0.274 e. The summed E-state index contributed by atoms with van der Waals surface area (Å²) in [6, 6.07) is 0. The molecule has 0 aromatic heterocycles. The van der Waals surface area contributed by atoms with Crippen LogP contribution in [0.25, 0.3) is 0 Å². The van der Waals surface area contributed by atoms with Crippen LogP contribution in [-0.2, 0) is 14.8 Å². The van der Waals surface area contributed by atoms with Crippen molar-refractivity contribution >= 4 is 27.5 Å². The number of amides is 1. The number of hydrogen-bond acceptors (Lipinski definition) is 3. The minimum absolute atomic E-state index is 0.0256. The summed E-state index contributed by atoms with van der Waals surface area (Å²) in [5, 5.41) is 0. The minimum atomic E-state index is -3.37. The monoisotopic (exact) mass is 225 g/mol. The lowest BCUT2D eigenvalue weighted by atomic mass is 10.4. The highest BCUT2D eigenvalue weighted by Gasteiger charge is 2.30. The van der Waals surface area contributed by atoms with Gasteiger partial charge in [-0.15, -0.1) is 11.6 Å². The van der Waals surface area contributed by atoms with Crippen LogP contribution in [0.3, 0.4) is 0 Å². The van der Waals surface area contributed by atoms with Crippen LogP contribution in [-0.4, -0.2) is 36.8 Å². The highest BCUT2D eigenvalue weighted by molar-refractivity contribution is 7.89. The van der Waals surface area contributed by atoms with Gasteiger partial charge in [-0.1, -0.05) is 0 Å². The van der Waals surface area contributed by atoms with Gasteiger partial charge in [0, 0.05) is 18.8 Å². The van der Waals surface area contributed by atoms with Crippen molar-refractivity contribution in [3.05, 3.63) is 0 Å². The zero-order chi connectivity index (χ0) is 9.90. The third-order valence-corrected chi connectivity index (χ3v) is 4.03. The number of hydrogen-bond donors (Lipinski definition) is 0. The first-order valence-corrected chi connectivity index (χ1v) is 6.31. The van der Waals surface area contributed by atoms with Crippen molar-refractivity contribution < 1.29 is 13.2 Å². The van der Waals surface area contributed by atoms with Gasteiger partial charge in [0.25, 0.3) is 0 Å². The average molecular weight is 226 g/mol. The molecule has 0 unspecified atom stereocenters. The van der Waals surface area contributed by atoms with Crippen molar-refractivity contribution in [1.29, 1.82) is 0 Å². The number of halogens is 1. The SMILES string of the molecule is O=C1CCCN1S(=O)(=O)CCCCl. The first kappa shape index (κ1) is 10.8. The molecule has 0 aromatic carbocycles. The summed E-state index contributed by atoms with van der Waals surface area (Å²) in [7, 11) is -3.37. The Kier molecular flexibility index (Phi) is 3.55. The van der Waals surface area contributed by atoms with Gasteiger partial charge in [-0.2, -0.15) is 0 Å². The predicted molar refractivity (Wildman–Crippen MR) is 50.1 cm³/mol. The summed E-state index contributed by atoms with van der Waals surface area (Å²) >= 11 is 5.38. The summed E-state index contributed by atoms with van der Waals surface area (Å²) < 4.78 is 23.9. The van der Waals surface area contributed by atoms with Crippen molar-refractivity contribution in [2.24, 2.45) is 0 Å².